The molecule has 0 fully saturated rings. The van der Waals surface area contributed by atoms with E-state index >= 15 is 0 Å². The molecule has 0 saturated heterocycles. The highest BCUT2D eigenvalue weighted by Gasteiger charge is 2.10. The van der Waals surface area contributed by atoms with Crippen molar-refractivity contribution in [3.8, 4) is 0 Å². The molecule has 1 heterocycles. The van der Waals surface area contributed by atoms with Gasteiger partial charge in [0.15, 0.2) is 0 Å². The van der Waals surface area contributed by atoms with E-state index in [1.54, 1.807) is 0 Å². The Morgan fingerprint density at radius 2 is 1.72 bits per heavy atom. The fraction of sp³-hybridized carbons (Fsp3) is 0.261. The number of aromatic nitrogens is 2. The van der Waals surface area contributed by atoms with Crippen molar-refractivity contribution in [2.45, 2.75) is 39.2 Å². The molecule has 1 atom stereocenters. The Balaban J connectivity index is 1.62. The molecular weight excluding hydrogens is 362 g/mol. The minimum atomic E-state index is -0.0606. The van der Waals surface area contributed by atoms with Crippen molar-refractivity contribution in [3.05, 3.63) is 71.3 Å². The zero-order chi connectivity index (χ0) is 21.0. The Morgan fingerprint density at radius 1 is 1.07 bits per heavy atom. The summed E-state index contributed by atoms with van der Waals surface area (Å²) < 4.78 is 0. The van der Waals surface area contributed by atoms with Gasteiger partial charge in [-0.25, -0.2) is 4.98 Å². The van der Waals surface area contributed by atoms with Gasteiger partial charge in [-0.15, -0.1) is 6.58 Å². The third-order valence-electron chi connectivity index (χ3n) is 4.76. The van der Waals surface area contributed by atoms with Crippen LogP contribution in [0.1, 0.15) is 41.8 Å². The highest BCUT2D eigenvalue weighted by Crippen LogP contribution is 2.21. The van der Waals surface area contributed by atoms with E-state index in [2.05, 4.69) is 21.9 Å². The molecule has 0 spiro atoms. The molecule has 0 radical (unpaired) electrons. The largest absolute Gasteiger partial charge is 0.383 e. The summed E-state index contributed by atoms with van der Waals surface area (Å²) in [7, 11) is 0. The first-order chi connectivity index (χ1) is 13.8. The van der Waals surface area contributed by atoms with Crippen molar-refractivity contribution >= 4 is 28.6 Å². The molecule has 6 nitrogen and oxygen atoms in total. The van der Waals surface area contributed by atoms with Gasteiger partial charge in [-0.05, 0) is 68.5 Å². The molecule has 0 bridgehead atoms. The number of nitrogens with zero attached hydrogens (tertiary/aromatic N) is 2. The molecule has 29 heavy (non-hydrogen) atoms. The lowest BCUT2D eigenvalue weighted by atomic mass is 10.0. The lowest BCUT2D eigenvalue weighted by molar-refractivity contribution is 0.0940. The molecule has 6 heteroatoms. The molecular formula is C23H27N5O. The highest BCUT2D eigenvalue weighted by molar-refractivity contribution is 5.94. The van der Waals surface area contributed by atoms with Gasteiger partial charge in [0.1, 0.15) is 5.82 Å². The molecule has 5 N–H and O–H groups in total. The van der Waals surface area contributed by atoms with Crippen molar-refractivity contribution in [1.82, 2.24) is 15.3 Å². The van der Waals surface area contributed by atoms with Crippen LogP contribution in [0.3, 0.4) is 0 Å². The molecule has 0 unspecified atom stereocenters. The molecule has 3 rings (SSSR count). The van der Waals surface area contributed by atoms with Gasteiger partial charge in [0.2, 0.25) is 5.95 Å². The van der Waals surface area contributed by atoms with Crippen LogP contribution < -0.4 is 16.8 Å². The molecule has 0 aliphatic carbocycles. The predicted molar refractivity (Wildman–Crippen MR) is 119 cm³/mol. The van der Waals surface area contributed by atoms with Crippen LogP contribution in [0.4, 0.5) is 11.8 Å². The monoisotopic (exact) mass is 389 g/mol. The molecule has 150 valence electrons. The first kappa shape index (κ1) is 20.3. The lowest BCUT2D eigenvalue weighted by Gasteiger charge is -2.14. The van der Waals surface area contributed by atoms with Gasteiger partial charge < -0.3 is 16.8 Å². The zero-order valence-electron chi connectivity index (χ0n) is 16.9. The zero-order valence-corrected chi connectivity index (χ0v) is 16.9. The van der Waals surface area contributed by atoms with Gasteiger partial charge in [-0.3, -0.25) is 4.79 Å². The number of fused-ring (bicyclic) bond motifs is 1. The maximum atomic E-state index is 12.3. The number of nitrogens with one attached hydrogen (secondary N) is 1. The summed E-state index contributed by atoms with van der Waals surface area (Å²) in [5.74, 6) is 0.515. The third kappa shape index (κ3) is 5.31. The number of amides is 1. The van der Waals surface area contributed by atoms with Crippen LogP contribution in [0.15, 0.2) is 54.6 Å². The quantitative estimate of drug-likeness (QED) is 0.535. The van der Waals surface area contributed by atoms with E-state index in [0.29, 0.717) is 11.4 Å². The summed E-state index contributed by atoms with van der Waals surface area (Å²) in [6, 6.07) is 13.8. The van der Waals surface area contributed by atoms with Crippen LogP contribution in [-0.2, 0) is 12.8 Å². The van der Waals surface area contributed by atoms with Crippen molar-refractivity contribution in [2.24, 2.45) is 0 Å². The summed E-state index contributed by atoms with van der Waals surface area (Å²) in [5.41, 5.74) is 16.4. The van der Waals surface area contributed by atoms with Crippen LogP contribution in [0.2, 0.25) is 0 Å². The van der Waals surface area contributed by atoms with Gasteiger partial charge in [-0.2, -0.15) is 4.98 Å². The van der Waals surface area contributed by atoms with Crippen molar-refractivity contribution in [2.75, 3.05) is 11.5 Å². The second kappa shape index (κ2) is 8.73. The Morgan fingerprint density at radius 3 is 2.41 bits per heavy atom. The molecule has 1 amide bonds. The number of hydrogen-bond donors (Lipinski definition) is 3. The number of carbonyl (C=O) groups is 1. The summed E-state index contributed by atoms with van der Waals surface area (Å²) in [5, 5.41) is 3.81. The average Bonchev–Trinajstić information content (AvgIpc) is 2.66. The number of anilines is 2. The third-order valence-corrected chi connectivity index (χ3v) is 4.76. The Kier molecular flexibility index (Phi) is 6.12. The number of nitrogen functional groups attached to an aromatic ring is 2. The smallest absolute Gasteiger partial charge is 0.251 e. The van der Waals surface area contributed by atoms with Gasteiger partial charge in [0, 0.05) is 17.0 Å². The normalized spacial score (nSPS) is 11.9. The maximum Gasteiger partial charge on any atom is 0.251 e. The van der Waals surface area contributed by atoms with Crippen molar-refractivity contribution in [3.63, 3.8) is 0 Å². The van der Waals surface area contributed by atoms with Crippen molar-refractivity contribution < 1.29 is 4.79 Å². The van der Waals surface area contributed by atoms with E-state index in [-0.39, 0.29) is 17.9 Å². The van der Waals surface area contributed by atoms with E-state index in [0.717, 1.165) is 46.9 Å². The van der Waals surface area contributed by atoms with E-state index < -0.39 is 0 Å². The number of aryl methyl sites for hydroxylation is 2. The number of nitrogens with two attached hydrogens (primary N) is 2. The summed E-state index contributed by atoms with van der Waals surface area (Å²) >= 11 is 0. The molecule has 3 aromatic rings. The average molecular weight is 390 g/mol. The standard InChI is InChI=1S/C23H27N5O/c1-14(2)12-15(3)26-22(29)18-9-6-16(7-10-18)4-5-17-8-11-20-19(13-17)21(24)28-23(25)27-20/h6-11,13,15H,1,4-5,12H2,2-3H3,(H,26,29)(H4,24,25,27,28)/t15-/m0/s1. The van der Waals surface area contributed by atoms with Gasteiger partial charge in [0.05, 0.1) is 5.52 Å². The summed E-state index contributed by atoms with van der Waals surface area (Å²) in [6.07, 6.45) is 2.48. The van der Waals surface area contributed by atoms with Crippen molar-refractivity contribution in [1.29, 1.82) is 0 Å². The van der Waals surface area contributed by atoms with Crippen LogP contribution in [0, 0.1) is 0 Å². The fourth-order valence-corrected chi connectivity index (χ4v) is 3.37. The molecule has 0 aliphatic rings. The van der Waals surface area contributed by atoms with E-state index in [1.165, 1.54) is 0 Å². The number of hydrogen-bond acceptors (Lipinski definition) is 5. The Bertz CT molecular complexity index is 1040. The molecule has 2 aromatic carbocycles. The Labute approximate surface area is 171 Å². The minimum Gasteiger partial charge on any atom is -0.383 e. The Hall–Kier alpha value is -3.41. The topological polar surface area (TPSA) is 107 Å². The maximum absolute atomic E-state index is 12.3. The number of carbonyl (C=O) groups excluding carboxylic acids is 1. The predicted octanol–water partition coefficient (Wildman–Crippen LogP) is 3.66. The number of benzene rings is 2. The van der Waals surface area contributed by atoms with Gasteiger partial charge >= 0.3 is 0 Å². The second-order valence-corrected chi connectivity index (χ2v) is 7.55. The first-order valence-electron chi connectivity index (χ1n) is 9.67. The summed E-state index contributed by atoms with van der Waals surface area (Å²) in [6.45, 7) is 7.83. The second-order valence-electron chi connectivity index (χ2n) is 7.55. The van der Waals surface area contributed by atoms with Gasteiger partial charge in [0.25, 0.3) is 5.91 Å². The van der Waals surface area contributed by atoms with Crippen LogP contribution in [0.5, 0.6) is 0 Å². The molecule has 0 saturated carbocycles. The van der Waals surface area contributed by atoms with E-state index in [1.807, 2.05) is 56.3 Å². The lowest BCUT2D eigenvalue weighted by Crippen LogP contribution is -2.32. The number of rotatable bonds is 7. The van der Waals surface area contributed by atoms with E-state index in [9.17, 15) is 4.79 Å². The van der Waals surface area contributed by atoms with Crippen LogP contribution in [-0.4, -0.2) is 21.9 Å². The first-order valence-corrected chi connectivity index (χ1v) is 9.67. The highest BCUT2D eigenvalue weighted by atomic mass is 16.1. The van der Waals surface area contributed by atoms with Crippen LogP contribution in [0.25, 0.3) is 10.9 Å². The summed E-state index contributed by atoms with van der Waals surface area (Å²) in [4.78, 5) is 20.6. The fourth-order valence-electron chi connectivity index (χ4n) is 3.37. The molecule has 0 aliphatic heterocycles. The minimum absolute atomic E-state index is 0.0606. The van der Waals surface area contributed by atoms with Gasteiger partial charge in [-0.1, -0.05) is 23.8 Å². The van der Waals surface area contributed by atoms with E-state index in [4.69, 9.17) is 11.5 Å². The molecule has 1 aromatic heterocycles. The van der Waals surface area contributed by atoms with Crippen LogP contribution >= 0.6 is 0 Å². The SMILES string of the molecule is C=C(C)C[C@H](C)NC(=O)c1ccc(CCc2ccc3nc(N)nc(N)c3c2)cc1.